The fourth-order valence-corrected chi connectivity index (χ4v) is 2.12. The number of nitrogens with one attached hydrogen (secondary N) is 1. The van der Waals surface area contributed by atoms with Gasteiger partial charge in [0, 0.05) is 12.6 Å². The van der Waals surface area contributed by atoms with Gasteiger partial charge in [0.05, 0.1) is 29.5 Å². The van der Waals surface area contributed by atoms with E-state index in [1.807, 2.05) is 23.2 Å². The summed E-state index contributed by atoms with van der Waals surface area (Å²) in [5, 5.41) is 12.7. The highest BCUT2D eigenvalue weighted by molar-refractivity contribution is 6.31. The van der Waals surface area contributed by atoms with E-state index in [-0.39, 0.29) is 0 Å². The second kappa shape index (κ2) is 6.16. The molecule has 0 radical (unpaired) electrons. The zero-order valence-electron chi connectivity index (χ0n) is 11.5. The summed E-state index contributed by atoms with van der Waals surface area (Å²) in [6.07, 6.45) is 3.27. The minimum absolute atomic E-state index is 0.328. The zero-order valence-corrected chi connectivity index (χ0v) is 12.2. The maximum absolute atomic E-state index is 6.11. The Morgan fingerprint density at radius 2 is 2.21 bits per heavy atom. The standard InChI is InChI=1S/C12H19ClN6/c1-9(6-18-8-14-7-16-18)15-4-5-19-11(3)12(13)10(2)17-19/h7-9,15H,4-6H2,1-3H3/t9-/m1/s1. The van der Waals surface area contributed by atoms with Gasteiger partial charge < -0.3 is 5.32 Å². The van der Waals surface area contributed by atoms with Crippen LogP contribution in [0.3, 0.4) is 0 Å². The Morgan fingerprint density at radius 3 is 2.79 bits per heavy atom. The molecule has 0 saturated carbocycles. The van der Waals surface area contributed by atoms with Crippen LogP contribution in [0.15, 0.2) is 12.7 Å². The largest absolute Gasteiger partial charge is 0.311 e. The Balaban J connectivity index is 1.78. The smallest absolute Gasteiger partial charge is 0.137 e. The Bertz CT molecular complexity index is 519. The zero-order chi connectivity index (χ0) is 13.8. The number of aromatic nitrogens is 5. The number of rotatable bonds is 6. The van der Waals surface area contributed by atoms with Crippen LogP contribution in [0.5, 0.6) is 0 Å². The highest BCUT2D eigenvalue weighted by Crippen LogP contribution is 2.18. The quantitative estimate of drug-likeness (QED) is 0.871. The molecule has 6 nitrogen and oxygen atoms in total. The van der Waals surface area contributed by atoms with Crippen molar-refractivity contribution in [3.05, 3.63) is 29.1 Å². The predicted molar refractivity (Wildman–Crippen MR) is 74.2 cm³/mol. The molecular formula is C12H19ClN6. The third-order valence-electron chi connectivity index (χ3n) is 3.04. The molecule has 0 amide bonds. The lowest BCUT2D eigenvalue weighted by Gasteiger charge is -2.13. The van der Waals surface area contributed by atoms with Gasteiger partial charge >= 0.3 is 0 Å². The van der Waals surface area contributed by atoms with Crippen LogP contribution in [0.1, 0.15) is 18.3 Å². The summed E-state index contributed by atoms with van der Waals surface area (Å²) >= 11 is 6.11. The summed E-state index contributed by atoms with van der Waals surface area (Å²) in [7, 11) is 0. The van der Waals surface area contributed by atoms with Gasteiger partial charge in [0.15, 0.2) is 0 Å². The lowest BCUT2D eigenvalue weighted by Crippen LogP contribution is -2.33. The molecule has 7 heteroatoms. The minimum atomic E-state index is 0.328. The molecule has 2 rings (SSSR count). The Morgan fingerprint density at radius 1 is 1.42 bits per heavy atom. The van der Waals surface area contributed by atoms with E-state index in [1.54, 1.807) is 12.7 Å². The molecule has 19 heavy (non-hydrogen) atoms. The minimum Gasteiger partial charge on any atom is -0.311 e. The number of nitrogens with zero attached hydrogens (tertiary/aromatic N) is 5. The maximum atomic E-state index is 6.11. The molecule has 2 aromatic rings. The van der Waals surface area contributed by atoms with Gasteiger partial charge in [0.1, 0.15) is 12.7 Å². The van der Waals surface area contributed by atoms with Gasteiger partial charge in [-0.1, -0.05) is 11.6 Å². The highest BCUT2D eigenvalue weighted by Gasteiger charge is 2.09. The predicted octanol–water partition coefficient (Wildman–Crippen LogP) is 1.42. The molecule has 2 heterocycles. The second-order valence-electron chi connectivity index (χ2n) is 4.68. The third-order valence-corrected chi connectivity index (χ3v) is 3.58. The normalized spacial score (nSPS) is 12.8. The third kappa shape index (κ3) is 3.54. The van der Waals surface area contributed by atoms with E-state index in [9.17, 15) is 0 Å². The summed E-state index contributed by atoms with van der Waals surface area (Å²) < 4.78 is 3.75. The molecule has 1 N–H and O–H groups in total. The van der Waals surface area contributed by atoms with Crippen LogP contribution < -0.4 is 5.32 Å². The van der Waals surface area contributed by atoms with E-state index in [2.05, 4.69) is 27.4 Å². The Labute approximate surface area is 117 Å². The highest BCUT2D eigenvalue weighted by atomic mass is 35.5. The van der Waals surface area contributed by atoms with Crippen molar-refractivity contribution in [1.82, 2.24) is 29.9 Å². The number of hydrogen-bond donors (Lipinski definition) is 1. The van der Waals surface area contributed by atoms with E-state index in [4.69, 9.17) is 11.6 Å². The first-order chi connectivity index (χ1) is 9.08. The molecule has 0 bridgehead atoms. The first-order valence-corrected chi connectivity index (χ1v) is 6.71. The van der Waals surface area contributed by atoms with Crippen molar-refractivity contribution >= 4 is 11.6 Å². The van der Waals surface area contributed by atoms with Gasteiger partial charge in [-0.15, -0.1) is 0 Å². The van der Waals surface area contributed by atoms with Crippen molar-refractivity contribution in [2.45, 2.75) is 39.9 Å². The molecule has 0 aliphatic carbocycles. The first-order valence-electron chi connectivity index (χ1n) is 6.33. The molecule has 0 aliphatic rings. The summed E-state index contributed by atoms with van der Waals surface area (Å²) in [5.74, 6) is 0. The van der Waals surface area contributed by atoms with Crippen LogP contribution in [0.4, 0.5) is 0 Å². The Kier molecular flexibility index (Phi) is 4.55. The maximum Gasteiger partial charge on any atom is 0.137 e. The number of hydrogen-bond acceptors (Lipinski definition) is 4. The average Bonchev–Trinajstić information content (AvgIpc) is 2.95. The summed E-state index contributed by atoms with van der Waals surface area (Å²) in [6.45, 7) is 8.48. The summed E-state index contributed by atoms with van der Waals surface area (Å²) in [5.41, 5.74) is 1.90. The van der Waals surface area contributed by atoms with Crippen molar-refractivity contribution in [3.63, 3.8) is 0 Å². The molecular weight excluding hydrogens is 264 g/mol. The molecule has 1 atom stereocenters. The van der Waals surface area contributed by atoms with Gasteiger partial charge in [-0.3, -0.25) is 9.36 Å². The van der Waals surface area contributed by atoms with Crippen molar-refractivity contribution in [2.24, 2.45) is 0 Å². The molecule has 0 aliphatic heterocycles. The van der Waals surface area contributed by atoms with E-state index in [0.29, 0.717) is 6.04 Å². The van der Waals surface area contributed by atoms with Gasteiger partial charge in [-0.05, 0) is 20.8 Å². The van der Waals surface area contributed by atoms with Crippen LogP contribution in [0.25, 0.3) is 0 Å². The monoisotopic (exact) mass is 282 g/mol. The van der Waals surface area contributed by atoms with Crippen molar-refractivity contribution < 1.29 is 0 Å². The summed E-state index contributed by atoms with van der Waals surface area (Å²) in [6, 6.07) is 0.328. The molecule has 0 fully saturated rings. The molecule has 0 saturated heterocycles. The van der Waals surface area contributed by atoms with Gasteiger partial charge in [-0.25, -0.2) is 4.98 Å². The van der Waals surface area contributed by atoms with E-state index < -0.39 is 0 Å². The van der Waals surface area contributed by atoms with Crippen molar-refractivity contribution in [2.75, 3.05) is 6.54 Å². The van der Waals surface area contributed by atoms with Crippen molar-refractivity contribution in [1.29, 1.82) is 0 Å². The molecule has 2 aromatic heterocycles. The van der Waals surface area contributed by atoms with E-state index in [0.717, 1.165) is 36.0 Å². The van der Waals surface area contributed by atoms with Crippen LogP contribution in [0.2, 0.25) is 5.02 Å². The fraction of sp³-hybridized carbons (Fsp3) is 0.583. The molecule has 0 unspecified atom stereocenters. The van der Waals surface area contributed by atoms with Gasteiger partial charge in [-0.2, -0.15) is 10.2 Å². The van der Waals surface area contributed by atoms with Crippen LogP contribution in [-0.4, -0.2) is 37.1 Å². The molecule has 0 aromatic carbocycles. The van der Waals surface area contributed by atoms with Crippen molar-refractivity contribution in [3.8, 4) is 0 Å². The average molecular weight is 283 g/mol. The van der Waals surface area contributed by atoms with Crippen LogP contribution >= 0.6 is 11.6 Å². The molecule has 104 valence electrons. The fourth-order valence-electron chi connectivity index (χ4n) is 1.98. The van der Waals surface area contributed by atoms with Gasteiger partial charge in [0.25, 0.3) is 0 Å². The van der Waals surface area contributed by atoms with E-state index in [1.165, 1.54) is 0 Å². The van der Waals surface area contributed by atoms with Crippen LogP contribution in [-0.2, 0) is 13.1 Å². The van der Waals surface area contributed by atoms with Crippen LogP contribution in [0, 0.1) is 13.8 Å². The second-order valence-corrected chi connectivity index (χ2v) is 5.06. The summed E-state index contributed by atoms with van der Waals surface area (Å²) in [4.78, 5) is 3.92. The van der Waals surface area contributed by atoms with E-state index >= 15 is 0 Å². The topological polar surface area (TPSA) is 60.6 Å². The first kappa shape index (κ1) is 14.0. The molecule has 0 spiro atoms. The Hall–Kier alpha value is -1.40. The lowest BCUT2D eigenvalue weighted by molar-refractivity contribution is 0.430. The SMILES string of the molecule is Cc1nn(CCN[C@H](C)Cn2cncn2)c(C)c1Cl. The number of halogens is 1. The van der Waals surface area contributed by atoms with Gasteiger partial charge in [0.2, 0.25) is 0 Å². The lowest BCUT2D eigenvalue weighted by atomic mass is 10.3. The number of aryl methyl sites for hydroxylation is 1.